The smallest absolute Gasteiger partial charge is 0.407 e. The Morgan fingerprint density at radius 3 is 2.56 bits per heavy atom. The van der Waals surface area contributed by atoms with Crippen LogP contribution >= 0.6 is 35.3 Å². The van der Waals surface area contributed by atoms with Crippen molar-refractivity contribution >= 4 is 47.2 Å². The first-order valence-corrected chi connectivity index (χ1v) is 10.4. The van der Waals surface area contributed by atoms with E-state index in [9.17, 15) is 19.0 Å². The minimum absolute atomic E-state index is 0.141. The van der Waals surface area contributed by atoms with Gasteiger partial charge >= 0.3 is 19.7 Å². The number of carbonyl (C=O) groups excluding carboxylic acids is 2. The van der Waals surface area contributed by atoms with Crippen molar-refractivity contribution in [3.63, 3.8) is 0 Å². The maximum absolute atomic E-state index is 12.3. The minimum Gasteiger partial charge on any atom is -0.463 e. The molecule has 1 fully saturated rings. The molecule has 5 unspecified atom stereocenters. The van der Waals surface area contributed by atoms with Gasteiger partial charge in [-0.15, -0.1) is 11.6 Å². The zero-order valence-electron chi connectivity index (χ0n) is 14.1. The Hall–Kier alpha value is -0.220. The molecule has 1 aliphatic heterocycles. The molecule has 1 rings (SSSR count). The van der Waals surface area contributed by atoms with E-state index in [0.29, 0.717) is 0 Å². The zero-order valence-corrected chi connectivity index (χ0v) is 17.3. The number of nitrogens with zero attached hydrogens (tertiary/aromatic N) is 1. The number of hydrogen-bond acceptors (Lipinski definition) is 7. The first kappa shape index (κ1) is 22.8. The van der Waals surface area contributed by atoms with Crippen LogP contribution in [0.5, 0.6) is 0 Å². The van der Waals surface area contributed by atoms with Gasteiger partial charge in [-0.25, -0.2) is 9.24 Å². The average Bonchev–Trinajstić information content (AvgIpc) is 2.48. The summed E-state index contributed by atoms with van der Waals surface area (Å²) < 4.78 is 34.3. The quantitative estimate of drug-likeness (QED) is 0.324. The van der Waals surface area contributed by atoms with Gasteiger partial charge in [0.15, 0.2) is 6.29 Å². The van der Waals surface area contributed by atoms with Gasteiger partial charge in [0.25, 0.3) is 0 Å². The van der Waals surface area contributed by atoms with E-state index in [1.165, 1.54) is 20.9 Å². The third-order valence-corrected chi connectivity index (χ3v) is 5.85. The molecule has 9 nitrogen and oxygen atoms in total. The van der Waals surface area contributed by atoms with Gasteiger partial charge in [0.2, 0.25) is 0 Å². The molecule has 1 heterocycles. The van der Waals surface area contributed by atoms with Crippen molar-refractivity contribution < 1.29 is 37.8 Å². The fourth-order valence-electron chi connectivity index (χ4n) is 2.07. The topological polar surface area (TPSA) is 112 Å². The van der Waals surface area contributed by atoms with Crippen LogP contribution in [0, 0.1) is 0 Å². The van der Waals surface area contributed by atoms with Crippen LogP contribution in [0.2, 0.25) is 0 Å². The van der Waals surface area contributed by atoms with Gasteiger partial charge in [-0.3, -0.25) is 14.1 Å². The van der Waals surface area contributed by atoms with E-state index in [0.717, 1.165) is 4.67 Å². The van der Waals surface area contributed by atoms with Crippen LogP contribution in [-0.2, 0) is 32.9 Å². The molecule has 0 aliphatic carbocycles. The van der Waals surface area contributed by atoms with E-state index in [1.54, 1.807) is 0 Å². The van der Waals surface area contributed by atoms with Gasteiger partial charge in [0.05, 0.1) is 4.83 Å². The second kappa shape index (κ2) is 10.2. The highest BCUT2D eigenvalue weighted by Gasteiger charge is 2.43. The summed E-state index contributed by atoms with van der Waals surface area (Å²) in [5, 5.41) is 0. The average molecular weight is 467 g/mol. The highest BCUT2D eigenvalue weighted by atomic mass is 79.9. The molecule has 5 atom stereocenters. The molecule has 12 heteroatoms. The van der Waals surface area contributed by atoms with Gasteiger partial charge in [0.1, 0.15) is 18.8 Å². The molecule has 25 heavy (non-hydrogen) atoms. The largest absolute Gasteiger partial charge is 0.463 e. The van der Waals surface area contributed by atoms with Crippen molar-refractivity contribution in [3.05, 3.63) is 0 Å². The highest BCUT2D eigenvalue weighted by Crippen LogP contribution is 2.48. The van der Waals surface area contributed by atoms with Crippen molar-refractivity contribution in [2.75, 3.05) is 26.1 Å². The summed E-state index contributed by atoms with van der Waals surface area (Å²) in [5.74, 6) is -0.898. The molecule has 0 spiro atoms. The van der Waals surface area contributed by atoms with Gasteiger partial charge in [0, 0.05) is 32.7 Å². The third kappa shape index (κ3) is 7.50. The van der Waals surface area contributed by atoms with E-state index in [4.69, 9.17) is 30.3 Å². The van der Waals surface area contributed by atoms with Crippen molar-refractivity contribution in [2.24, 2.45) is 0 Å². The van der Waals surface area contributed by atoms with Crippen molar-refractivity contribution in [1.82, 2.24) is 4.67 Å². The van der Waals surface area contributed by atoms with Crippen LogP contribution in [-0.4, -0.2) is 70.9 Å². The maximum atomic E-state index is 12.3. The van der Waals surface area contributed by atoms with Gasteiger partial charge in [-0.2, -0.15) is 0 Å². The van der Waals surface area contributed by atoms with Crippen LogP contribution in [0.15, 0.2) is 0 Å². The number of ether oxygens (including phenoxy) is 3. The fraction of sp³-hybridized carbons (Fsp3) is 0.846. The Morgan fingerprint density at radius 2 is 2.04 bits per heavy atom. The number of alkyl halides is 2. The van der Waals surface area contributed by atoms with E-state index in [-0.39, 0.29) is 25.5 Å². The molecule has 0 aromatic rings. The molecule has 0 amide bonds. The van der Waals surface area contributed by atoms with E-state index < -0.39 is 43.0 Å². The summed E-state index contributed by atoms with van der Waals surface area (Å²) >= 11 is 8.88. The first-order chi connectivity index (χ1) is 11.6. The molecule has 1 N–H and O–H groups in total. The predicted octanol–water partition coefficient (Wildman–Crippen LogP) is 1.65. The summed E-state index contributed by atoms with van der Waals surface area (Å²) in [4.78, 5) is 31.8. The Balaban J connectivity index is 2.83. The summed E-state index contributed by atoms with van der Waals surface area (Å²) in [6, 6.07) is 0. The highest BCUT2D eigenvalue weighted by molar-refractivity contribution is 9.09. The molecule has 0 radical (unpaired) electrons. The van der Waals surface area contributed by atoms with Gasteiger partial charge in [-0.05, 0) is 7.05 Å². The molecule has 0 aromatic heterocycles. The summed E-state index contributed by atoms with van der Waals surface area (Å²) in [6.07, 6.45) is -2.39. The number of rotatable bonds is 8. The minimum atomic E-state index is -4.14. The van der Waals surface area contributed by atoms with Crippen LogP contribution in [0.4, 0.5) is 0 Å². The summed E-state index contributed by atoms with van der Waals surface area (Å²) in [6.45, 7) is 2.44. The Kier molecular flexibility index (Phi) is 9.31. The third-order valence-electron chi connectivity index (χ3n) is 3.33. The molecule has 0 aromatic carbocycles. The number of esters is 2. The lowest BCUT2D eigenvalue weighted by Gasteiger charge is -2.39. The number of carbonyl (C=O) groups is 2. The Bertz CT molecular complexity index is 524. The lowest BCUT2D eigenvalue weighted by Crippen LogP contribution is -2.49. The van der Waals surface area contributed by atoms with Crippen LogP contribution in [0.3, 0.4) is 0 Å². The Labute approximate surface area is 159 Å². The number of hydrogen-bond donors (Lipinski definition) is 1. The fourth-order valence-corrected chi connectivity index (χ4v) is 4.19. The van der Waals surface area contributed by atoms with E-state index in [2.05, 4.69) is 15.9 Å². The molecule has 0 bridgehead atoms. The predicted molar refractivity (Wildman–Crippen MR) is 92.4 cm³/mol. The SMILES string of the molecule is CC(=O)OCC1OC(OP(=O)(O)N(C)CCCl)C(Br)CC1OC(C)=O. The van der Waals surface area contributed by atoms with Crippen molar-refractivity contribution in [1.29, 1.82) is 0 Å². The normalized spacial score (nSPS) is 29.1. The maximum Gasteiger partial charge on any atom is 0.407 e. The van der Waals surface area contributed by atoms with E-state index >= 15 is 0 Å². The molecule has 1 aliphatic rings. The molecule has 1 saturated heterocycles. The molecule has 146 valence electrons. The second-order valence-corrected chi connectivity index (χ2v) is 8.84. The Morgan fingerprint density at radius 1 is 1.40 bits per heavy atom. The molecular weight excluding hydrogens is 444 g/mol. The molecule has 0 saturated carbocycles. The van der Waals surface area contributed by atoms with E-state index in [1.807, 2.05) is 0 Å². The van der Waals surface area contributed by atoms with Gasteiger partial charge < -0.3 is 19.1 Å². The summed E-state index contributed by atoms with van der Waals surface area (Å²) in [7, 11) is -2.74. The van der Waals surface area contributed by atoms with Crippen molar-refractivity contribution in [3.8, 4) is 0 Å². The first-order valence-electron chi connectivity index (χ1n) is 7.45. The lowest BCUT2D eigenvalue weighted by atomic mass is 10.1. The van der Waals surface area contributed by atoms with Crippen molar-refractivity contribution in [2.45, 2.75) is 43.6 Å². The van der Waals surface area contributed by atoms with Gasteiger partial charge in [-0.1, -0.05) is 15.9 Å². The van der Waals surface area contributed by atoms with Crippen LogP contribution < -0.4 is 0 Å². The zero-order chi connectivity index (χ0) is 19.2. The second-order valence-electron chi connectivity index (χ2n) is 5.41. The molecular formula is C13H22BrClNO8P. The monoisotopic (exact) mass is 465 g/mol. The number of halogens is 2. The van der Waals surface area contributed by atoms with Crippen LogP contribution in [0.1, 0.15) is 20.3 Å². The standard InChI is InChI=1S/C13H22BrClNO8P/c1-8(17)21-7-12-11(22-9(2)18)6-10(14)13(23-12)24-25(19,20)16(3)5-4-15/h10-13H,4-7H2,1-3H3,(H,19,20). The van der Waals surface area contributed by atoms with Crippen LogP contribution in [0.25, 0.3) is 0 Å². The summed E-state index contributed by atoms with van der Waals surface area (Å²) in [5.41, 5.74) is 0. The lowest BCUT2D eigenvalue weighted by molar-refractivity contribution is -0.212.